The number of quaternary nitrogens is 2. The van der Waals surface area contributed by atoms with Crippen molar-refractivity contribution in [3.63, 3.8) is 0 Å². The summed E-state index contributed by atoms with van der Waals surface area (Å²) in [7, 11) is 0. The molecule has 0 rings (SSSR count). The maximum atomic E-state index is 5.01. The molecule has 0 saturated heterocycles. The number of hydrogen-bond donors (Lipinski definition) is 2. The summed E-state index contributed by atoms with van der Waals surface area (Å²) >= 11 is 0. The van der Waals surface area contributed by atoms with Crippen LogP contribution in [-0.2, 0) is 4.74 Å². The van der Waals surface area contributed by atoms with Gasteiger partial charge in [0, 0.05) is 0 Å². The van der Waals surface area contributed by atoms with Crippen LogP contribution in [0.25, 0.3) is 0 Å². The molecule has 0 aliphatic rings. The zero-order chi connectivity index (χ0) is 5.54. The second-order valence-corrected chi connectivity index (χ2v) is 1.32. The summed E-state index contributed by atoms with van der Waals surface area (Å²) in [5.41, 5.74) is 7.22. The van der Waals surface area contributed by atoms with Gasteiger partial charge in [-0.25, -0.2) is 0 Å². The van der Waals surface area contributed by atoms with Gasteiger partial charge in [0.1, 0.15) is 0 Å². The van der Waals surface area contributed by atoms with Gasteiger partial charge >= 0.3 is 0 Å². The molecule has 0 aliphatic heterocycles. The van der Waals surface area contributed by atoms with Crippen LogP contribution in [0.4, 0.5) is 0 Å². The average Bonchev–Trinajstić information content (AvgIpc) is 1.69. The van der Waals surface area contributed by atoms with E-state index in [0.29, 0.717) is 0 Å². The molecule has 0 aromatic carbocycles. The maximum Gasteiger partial charge on any atom is 0.0977 e. The molecule has 0 fully saturated rings. The van der Waals surface area contributed by atoms with Gasteiger partial charge in [-0.3, -0.25) is 0 Å². The molecule has 0 bridgehead atoms. The summed E-state index contributed by atoms with van der Waals surface area (Å²) in [5, 5.41) is 0. The molecule has 0 saturated carbocycles. The van der Waals surface area contributed by atoms with E-state index in [4.69, 9.17) is 4.74 Å². The Hall–Kier alpha value is -0.120. The summed E-state index contributed by atoms with van der Waals surface area (Å²) < 4.78 is 5.01. The molecule has 0 aliphatic carbocycles. The lowest BCUT2D eigenvalue weighted by molar-refractivity contribution is -0.387. The summed E-state index contributed by atoms with van der Waals surface area (Å²) in [6.07, 6.45) is 0. The summed E-state index contributed by atoms with van der Waals surface area (Å²) in [6, 6.07) is 0. The van der Waals surface area contributed by atoms with E-state index < -0.39 is 0 Å². The highest BCUT2D eigenvalue weighted by Crippen LogP contribution is 1.63. The van der Waals surface area contributed by atoms with Crippen molar-refractivity contribution in [2.24, 2.45) is 0 Å². The van der Waals surface area contributed by atoms with Crippen LogP contribution in [0, 0.1) is 0 Å². The first-order chi connectivity index (χ1) is 3.41. The number of ether oxygens (including phenoxy) is 1. The smallest absolute Gasteiger partial charge is 0.0977 e. The summed E-state index contributed by atoms with van der Waals surface area (Å²) in [4.78, 5) is 0. The molecular formula is C4H14N2O+2. The minimum atomic E-state index is 0.773. The highest BCUT2D eigenvalue weighted by Gasteiger charge is 1.81. The minimum Gasteiger partial charge on any atom is -0.370 e. The van der Waals surface area contributed by atoms with Crippen LogP contribution in [0.5, 0.6) is 0 Å². The van der Waals surface area contributed by atoms with Crippen molar-refractivity contribution >= 4 is 0 Å². The molecule has 0 spiro atoms. The molecule has 0 aromatic rings. The Kier molecular flexibility index (Phi) is 5.78. The van der Waals surface area contributed by atoms with Gasteiger partial charge in [0.05, 0.1) is 26.3 Å². The third-order valence-corrected chi connectivity index (χ3v) is 0.577. The third kappa shape index (κ3) is 5.88. The van der Waals surface area contributed by atoms with E-state index in [1.807, 2.05) is 0 Å². The highest BCUT2D eigenvalue weighted by atomic mass is 16.5. The van der Waals surface area contributed by atoms with Crippen molar-refractivity contribution in [1.82, 2.24) is 0 Å². The normalized spacial score (nSPS) is 9.43. The Labute approximate surface area is 43.6 Å². The minimum absolute atomic E-state index is 0.773. The van der Waals surface area contributed by atoms with Crippen molar-refractivity contribution in [3.8, 4) is 0 Å². The molecular weight excluding hydrogens is 92.1 g/mol. The van der Waals surface area contributed by atoms with E-state index in [1.165, 1.54) is 0 Å². The lowest BCUT2D eigenvalue weighted by atomic mass is 10.7. The number of rotatable bonds is 4. The van der Waals surface area contributed by atoms with Crippen LogP contribution in [-0.4, -0.2) is 26.3 Å². The summed E-state index contributed by atoms with van der Waals surface area (Å²) in [5.74, 6) is 0. The fraction of sp³-hybridized carbons (Fsp3) is 1.00. The monoisotopic (exact) mass is 106 g/mol. The first-order valence-electron chi connectivity index (χ1n) is 2.58. The van der Waals surface area contributed by atoms with Gasteiger partial charge in [0.25, 0.3) is 0 Å². The highest BCUT2D eigenvalue weighted by molar-refractivity contribution is 4.21. The SMILES string of the molecule is [NH3+]CCOCC[NH3+]. The lowest BCUT2D eigenvalue weighted by Gasteiger charge is -1.92. The van der Waals surface area contributed by atoms with Crippen LogP contribution in [0.1, 0.15) is 0 Å². The maximum absolute atomic E-state index is 5.01. The van der Waals surface area contributed by atoms with E-state index >= 15 is 0 Å². The van der Waals surface area contributed by atoms with Crippen LogP contribution in [0.3, 0.4) is 0 Å². The fourth-order valence-electron chi connectivity index (χ4n) is 0.306. The fourth-order valence-corrected chi connectivity index (χ4v) is 0.306. The second kappa shape index (κ2) is 5.88. The zero-order valence-corrected chi connectivity index (χ0v) is 4.65. The molecule has 7 heavy (non-hydrogen) atoms. The summed E-state index contributed by atoms with van der Waals surface area (Å²) in [6.45, 7) is 3.27. The first-order valence-corrected chi connectivity index (χ1v) is 2.58. The Bertz CT molecular complexity index is 28.9. The lowest BCUT2D eigenvalue weighted by Crippen LogP contribution is -2.54. The third-order valence-electron chi connectivity index (χ3n) is 0.577. The van der Waals surface area contributed by atoms with Crippen LogP contribution in [0.15, 0.2) is 0 Å². The zero-order valence-electron chi connectivity index (χ0n) is 4.65. The quantitative estimate of drug-likeness (QED) is 0.382. The van der Waals surface area contributed by atoms with E-state index in [1.54, 1.807) is 0 Å². The van der Waals surface area contributed by atoms with Crippen molar-refractivity contribution in [2.75, 3.05) is 26.3 Å². The first kappa shape index (κ1) is 6.88. The van der Waals surface area contributed by atoms with Crippen LogP contribution >= 0.6 is 0 Å². The van der Waals surface area contributed by atoms with E-state index in [2.05, 4.69) is 11.5 Å². The number of hydrogen-bond acceptors (Lipinski definition) is 1. The largest absolute Gasteiger partial charge is 0.370 e. The molecule has 0 radical (unpaired) electrons. The Morgan fingerprint density at radius 2 is 1.43 bits per heavy atom. The Balaban J connectivity index is 2.45. The molecule has 0 atom stereocenters. The average molecular weight is 106 g/mol. The Morgan fingerprint density at radius 3 is 1.71 bits per heavy atom. The van der Waals surface area contributed by atoms with Gasteiger partial charge in [-0.15, -0.1) is 0 Å². The van der Waals surface area contributed by atoms with Gasteiger partial charge < -0.3 is 16.2 Å². The van der Waals surface area contributed by atoms with Gasteiger partial charge in [0.2, 0.25) is 0 Å². The second-order valence-electron chi connectivity index (χ2n) is 1.32. The van der Waals surface area contributed by atoms with Crippen molar-refractivity contribution in [1.29, 1.82) is 0 Å². The van der Waals surface area contributed by atoms with Crippen molar-refractivity contribution < 1.29 is 16.2 Å². The molecule has 6 N–H and O–H groups in total. The Morgan fingerprint density at radius 1 is 1.00 bits per heavy atom. The molecule has 0 aromatic heterocycles. The standard InChI is InChI=1S/C4H12N2O/c5-1-3-7-4-2-6/h1-6H2/p+2. The van der Waals surface area contributed by atoms with Crippen molar-refractivity contribution in [3.05, 3.63) is 0 Å². The predicted molar refractivity (Wildman–Crippen MR) is 26.3 cm³/mol. The molecule has 3 nitrogen and oxygen atoms in total. The van der Waals surface area contributed by atoms with Gasteiger partial charge in [0.15, 0.2) is 0 Å². The van der Waals surface area contributed by atoms with E-state index in [9.17, 15) is 0 Å². The van der Waals surface area contributed by atoms with E-state index in [0.717, 1.165) is 26.3 Å². The van der Waals surface area contributed by atoms with Gasteiger partial charge in [-0.1, -0.05) is 0 Å². The molecule has 0 heterocycles. The van der Waals surface area contributed by atoms with E-state index in [-0.39, 0.29) is 0 Å². The van der Waals surface area contributed by atoms with Gasteiger partial charge in [-0.2, -0.15) is 0 Å². The van der Waals surface area contributed by atoms with Crippen LogP contribution in [0.2, 0.25) is 0 Å². The topological polar surface area (TPSA) is 64.5 Å². The van der Waals surface area contributed by atoms with Gasteiger partial charge in [-0.05, 0) is 0 Å². The molecule has 0 unspecified atom stereocenters. The van der Waals surface area contributed by atoms with Crippen LogP contribution < -0.4 is 11.5 Å². The van der Waals surface area contributed by atoms with Crippen molar-refractivity contribution in [2.45, 2.75) is 0 Å². The molecule has 0 amide bonds. The molecule has 44 valence electrons. The predicted octanol–water partition coefficient (Wildman–Crippen LogP) is -2.51. The molecule has 3 heteroatoms.